The average Bonchev–Trinajstić information content (AvgIpc) is 3.70. The van der Waals surface area contributed by atoms with Crippen molar-refractivity contribution in [2.45, 2.75) is 4.90 Å². The Balaban J connectivity index is 1.18. The first-order valence-corrected chi connectivity index (χ1v) is 15.2. The van der Waals surface area contributed by atoms with Crippen LogP contribution in [0.15, 0.2) is 118 Å². The molecule has 0 fully saturated rings. The highest BCUT2D eigenvalue weighted by molar-refractivity contribution is 8.00. The number of nitrogens with zero attached hydrogens (tertiary/aromatic N) is 1. The number of nitrogens with one attached hydrogen (secondary N) is 3. The Kier molecular flexibility index (Phi) is 9.37. The van der Waals surface area contributed by atoms with Crippen molar-refractivity contribution in [3.8, 4) is 10.6 Å². The molecular formula is C31H24N4O3S3. The Morgan fingerprint density at radius 1 is 0.805 bits per heavy atom. The largest absolute Gasteiger partial charge is 0.321 e. The molecule has 0 radical (unpaired) electrons. The summed E-state index contributed by atoms with van der Waals surface area (Å²) in [5, 5.41) is 12.9. The van der Waals surface area contributed by atoms with Gasteiger partial charge in [0.1, 0.15) is 5.70 Å². The van der Waals surface area contributed by atoms with E-state index in [0.29, 0.717) is 16.4 Å². The second-order valence-corrected chi connectivity index (χ2v) is 11.5. The first-order chi connectivity index (χ1) is 20.0. The van der Waals surface area contributed by atoms with Crippen LogP contribution in [0.1, 0.15) is 15.9 Å². The fraction of sp³-hybridized carbons (Fsp3) is 0.0323. The van der Waals surface area contributed by atoms with Crippen molar-refractivity contribution in [1.29, 1.82) is 0 Å². The number of anilines is 2. The summed E-state index contributed by atoms with van der Waals surface area (Å²) in [7, 11) is 0. The van der Waals surface area contributed by atoms with E-state index >= 15 is 0 Å². The zero-order valence-corrected chi connectivity index (χ0v) is 24.0. The number of carbonyl (C=O) groups is 3. The summed E-state index contributed by atoms with van der Waals surface area (Å²) in [6.07, 6.45) is 1.63. The molecule has 0 saturated carbocycles. The lowest BCUT2D eigenvalue weighted by molar-refractivity contribution is -0.114. The van der Waals surface area contributed by atoms with Gasteiger partial charge in [-0.3, -0.25) is 14.4 Å². The molecule has 10 heteroatoms. The van der Waals surface area contributed by atoms with Crippen molar-refractivity contribution in [3.05, 3.63) is 125 Å². The van der Waals surface area contributed by atoms with Crippen molar-refractivity contribution in [3.63, 3.8) is 0 Å². The van der Waals surface area contributed by atoms with Crippen molar-refractivity contribution in [2.75, 3.05) is 16.4 Å². The topological polar surface area (TPSA) is 100 Å². The molecular weight excluding hydrogens is 573 g/mol. The Hall–Kier alpha value is -4.51. The van der Waals surface area contributed by atoms with E-state index in [0.717, 1.165) is 21.0 Å². The van der Waals surface area contributed by atoms with Gasteiger partial charge >= 0.3 is 0 Å². The second-order valence-electron chi connectivity index (χ2n) is 8.62. The summed E-state index contributed by atoms with van der Waals surface area (Å²) < 4.78 is 0. The molecule has 0 aliphatic rings. The van der Waals surface area contributed by atoms with Crippen LogP contribution in [0.3, 0.4) is 0 Å². The average molecular weight is 597 g/mol. The number of rotatable bonds is 10. The molecule has 5 rings (SSSR count). The van der Waals surface area contributed by atoms with Crippen molar-refractivity contribution in [2.24, 2.45) is 0 Å². The Morgan fingerprint density at radius 2 is 1.54 bits per heavy atom. The van der Waals surface area contributed by atoms with E-state index in [2.05, 4.69) is 20.9 Å². The van der Waals surface area contributed by atoms with Gasteiger partial charge in [-0.15, -0.1) is 34.4 Å². The lowest BCUT2D eigenvalue weighted by Crippen LogP contribution is -2.30. The first-order valence-electron chi connectivity index (χ1n) is 12.5. The standard InChI is InChI=1S/C31H24N4O3S3/c36-28(35-31-34-26(19-41-31)27-12-7-17-39-27)20-40-24-15-13-23(14-16-24)32-30(38)25(18-21-8-3-1-4-9-21)33-29(37)22-10-5-2-6-11-22/h1-19H,20H2,(H,32,38)(H,33,37)(H,34,35,36)/b25-18-. The molecule has 41 heavy (non-hydrogen) atoms. The van der Waals surface area contributed by atoms with E-state index in [1.807, 2.05) is 71.4 Å². The third-order valence-corrected chi connectivity index (χ3v) is 8.31. The minimum atomic E-state index is -0.455. The van der Waals surface area contributed by atoms with Crippen LogP contribution in [-0.4, -0.2) is 28.5 Å². The number of benzene rings is 3. The van der Waals surface area contributed by atoms with Crippen LogP contribution in [0.2, 0.25) is 0 Å². The van der Waals surface area contributed by atoms with Gasteiger partial charge in [0.05, 0.1) is 16.3 Å². The summed E-state index contributed by atoms with van der Waals surface area (Å²) in [6.45, 7) is 0. The predicted octanol–water partition coefficient (Wildman–Crippen LogP) is 7.01. The zero-order valence-electron chi connectivity index (χ0n) is 21.6. The molecule has 0 unspecified atom stereocenters. The molecule has 0 spiro atoms. The van der Waals surface area contributed by atoms with Crippen LogP contribution < -0.4 is 16.0 Å². The molecule has 3 N–H and O–H groups in total. The van der Waals surface area contributed by atoms with Gasteiger partial charge in [0.2, 0.25) is 5.91 Å². The maximum Gasteiger partial charge on any atom is 0.272 e. The summed E-state index contributed by atoms with van der Waals surface area (Å²) in [6, 6.07) is 29.1. The molecule has 0 bridgehead atoms. The van der Waals surface area contributed by atoms with Gasteiger partial charge in [-0.25, -0.2) is 4.98 Å². The highest BCUT2D eigenvalue weighted by Crippen LogP contribution is 2.28. The molecule has 2 aromatic heterocycles. The van der Waals surface area contributed by atoms with Gasteiger partial charge in [-0.2, -0.15) is 0 Å². The summed E-state index contributed by atoms with van der Waals surface area (Å²) in [5.41, 5.74) is 2.75. The van der Waals surface area contributed by atoms with Crippen molar-refractivity contribution in [1.82, 2.24) is 10.3 Å². The lowest BCUT2D eigenvalue weighted by atomic mass is 10.1. The number of thiazole rings is 1. The number of thioether (sulfide) groups is 1. The minimum absolute atomic E-state index is 0.115. The van der Waals surface area contributed by atoms with E-state index in [1.54, 1.807) is 53.8 Å². The highest BCUT2D eigenvalue weighted by atomic mass is 32.2. The minimum Gasteiger partial charge on any atom is -0.321 e. The highest BCUT2D eigenvalue weighted by Gasteiger charge is 2.15. The second kappa shape index (κ2) is 13.7. The summed E-state index contributed by atoms with van der Waals surface area (Å²) in [4.78, 5) is 44.8. The maximum absolute atomic E-state index is 13.2. The van der Waals surface area contributed by atoms with Gasteiger partial charge in [0, 0.05) is 21.5 Å². The molecule has 0 atom stereocenters. The van der Waals surface area contributed by atoms with E-state index in [4.69, 9.17) is 0 Å². The monoisotopic (exact) mass is 596 g/mol. The molecule has 204 valence electrons. The molecule has 0 aliphatic carbocycles. The van der Waals surface area contributed by atoms with Crippen LogP contribution in [0.25, 0.3) is 16.6 Å². The summed E-state index contributed by atoms with van der Waals surface area (Å²) in [5.74, 6) is -0.768. The van der Waals surface area contributed by atoms with Crippen LogP contribution in [0.4, 0.5) is 10.8 Å². The van der Waals surface area contributed by atoms with Crippen LogP contribution in [0, 0.1) is 0 Å². The number of hydrogen-bond acceptors (Lipinski definition) is 7. The normalized spacial score (nSPS) is 11.1. The fourth-order valence-corrected chi connectivity index (χ4v) is 5.85. The molecule has 3 amide bonds. The van der Waals surface area contributed by atoms with E-state index < -0.39 is 5.91 Å². The van der Waals surface area contributed by atoms with Crippen LogP contribution in [0.5, 0.6) is 0 Å². The van der Waals surface area contributed by atoms with Gasteiger partial charge in [0.15, 0.2) is 5.13 Å². The van der Waals surface area contributed by atoms with Gasteiger partial charge in [-0.1, -0.05) is 54.6 Å². The number of aromatic nitrogens is 1. The molecule has 7 nitrogen and oxygen atoms in total. The Morgan fingerprint density at radius 3 is 2.24 bits per heavy atom. The predicted molar refractivity (Wildman–Crippen MR) is 168 cm³/mol. The van der Waals surface area contributed by atoms with Gasteiger partial charge in [0.25, 0.3) is 11.8 Å². The number of thiophene rings is 1. The maximum atomic E-state index is 13.2. The first kappa shape index (κ1) is 28.0. The fourth-order valence-electron chi connectivity index (χ4n) is 3.66. The van der Waals surface area contributed by atoms with Crippen molar-refractivity contribution < 1.29 is 14.4 Å². The number of amides is 3. The zero-order chi connectivity index (χ0) is 28.4. The van der Waals surface area contributed by atoms with E-state index in [9.17, 15) is 14.4 Å². The molecule has 2 heterocycles. The third kappa shape index (κ3) is 8.01. The lowest BCUT2D eigenvalue weighted by Gasteiger charge is -2.12. The molecule has 0 saturated heterocycles. The van der Waals surface area contributed by atoms with Gasteiger partial charge < -0.3 is 16.0 Å². The quantitative estimate of drug-likeness (QED) is 0.119. The molecule has 5 aromatic rings. The van der Waals surface area contributed by atoms with Crippen LogP contribution in [-0.2, 0) is 9.59 Å². The van der Waals surface area contributed by atoms with E-state index in [-0.39, 0.29) is 23.3 Å². The van der Waals surface area contributed by atoms with Crippen molar-refractivity contribution >= 4 is 69.1 Å². The van der Waals surface area contributed by atoms with Gasteiger partial charge in [-0.05, 0) is 59.5 Å². The third-order valence-electron chi connectivity index (χ3n) is 5.65. The number of carbonyl (C=O) groups excluding carboxylic acids is 3. The Bertz CT molecular complexity index is 1650. The SMILES string of the molecule is O=C(CSc1ccc(NC(=O)/C(=C/c2ccccc2)NC(=O)c2ccccc2)cc1)Nc1nc(-c2cccs2)cs1. The Labute approximate surface area is 249 Å². The molecule has 0 aliphatic heterocycles. The summed E-state index contributed by atoms with van der Waals surface area (Å²) >= 11 is 4.38. The van der Waals surface area contributed by atoms with E-state index in [1.165, 1.54) is 23.1 Å². The number of hydrogen-bond donors (Lipinski definition) is 3. The van der Waals surface area contributed by atoms with Crippen LogP contribution >= 0.6 is 34.4 Å². The smallest absolute Gasteiger partial charge is 0.272 e. The molecule has 3 aromatic carbocycles.